The molecule has 0 amide bonds. The van der Waals surface area contributed by atoms with Gasteiger partial charge in [-0.1, -0.05) is 18.2 Å². The molecule has 0 unspecified atom stereocenters. The molecule has 4 nitrogen and oxygen atoms in total. The molecule has 0 atom stereocenters. The number of hydrogen-bond acceptors (Lipinski definition) is 5. The van der Waals surface area contributed by atoms with Gasteiger partial charge in [0, 0.05) is 10.5 Å². The SMILES string of the molecule is COc1ccc(C(=O)COC(=O)CSc2ccccc2C)cc1Br. The van der Waals surface area contributed by atoms with Crippen LogP contribution in [0.3, 0.4) is 0 Å². The van der Waals surface area contributed by atoms with Gasteiger partial charge in [-0.3, -0.25) is 9.59 Å². The Labute approximate surface area is 153 Å². The van der Waals surface area contributed by atoms with E-state index in [1.54, 1.807) is 25.3 Å². The molecule has 24 heavy (non-hydrogen) atoms. The highest BCUT2D eigenvalue weighted by atomic mass is 79.9. The van der Waals surface area contributed by atoms with Crippen LogP contribution in [0.1, 0.15) is 15.9 Å². The van der Waals surface area contributed by atoms with Crippen molar-refractivity contribution in [2.45, 2.75) is 11.8 Å². The van der Waals surface area contributed by atoms with E-state index < -0.39 is 5.97 Å². The summed E-state index contributed by atoms with van der Waals surface area (Å²) in [6.45, 7) is 1.71. The number of esters is 1. The molecular weight excluding hydrogens is 392 g/mol. The van der Waals surface area contributed by atoms with Crippen LogP contribution in [0, 0.1) is 6.92 Å². The Bertz CT molecular complexity index is 746. The molecule has 0 N–H and O–H groups in total. The summed E-state index contributed by atoms with van der Waals surface area (Å²) in [5, 5.41) is 0. The third-order valence-corrected chi connectivity index (χ3v) is 5.05. The van der Waals surface area contributed by atoms with Gasteiger partial charge in [-0.05, 0) is 52.7 Å². The minimum absolute atomic E-state index is 0.171. The van der Waals surface area contributed by atoms with Crippen molar-refractivity contribution < 1.29 is 19.1 Å². The molecule has 126 valence electrons. The summed E-state index contributed by atoms with van der Waals surface area (Å²) in [6, 6.07) is 12.8. The zero-order valence-electron chi connectivity index (χ0n) is 13.4. The molecule has 2 aromatic carbocycles. The van der Waals surface area contributed by atoms with E-state index in [1.165, 1.54) is 11.8 Å². The molecule has 0 aromatic heterocycles. The Hall–Kier alpha value is -1.79. The summed E-state index contributed by atoms with van der Waals surface area (Å²) >= 11 is 4.72. The highest BCUT2D eigenvalue weighted by Crippen LogP contribution is 2.26. The Morgan fingerprint density at radius 1 is 1.17 bits per heavy atom. The molecule has 0 saturated heterocycles. The monoisotopic (exact) mass is 408 g/mol. The summed E-state index contributed by atoms with van der Waals surface area (Å²) in [5.41, 5.74) is 1.57. The number of ketones is 1. The van der Waals surface area contributed by atoms with Crippen LogP contribution in [0.4, 0.5) is 0 Å². The van der Waals surface area contributed by atoms with Crippen molar-refractivity contribution in [2.24, 2.45) is 0 Å². The molecule has 2 aromatic rings. The van der Waals surface area contributed by atoms with E-state index in [9.17, 15) is 9.59 Å². The maximum atomic E-state index is 12.1. The maximum absolute atomic E-state index is 12.1. The van der Waals surface area contributed by atoms with Crippen LogP contribution in [-0.4, -0.2) is 31.2 Å². The first-order valence-electron chi connectivity index (χ1n) is 7.22. The normalized spacial score (nSPS) is 10.3. The van der Waals surface area contributed by atoms with Crippen molar-refractivity contribution in [2.75, 3.05) is 19.5 Å². The first-order chi connectivity index (χ1) is 11.5. The van der Waals surface area contributed by atoms with Crippen LogP contribution in [0.15, 0.2) is 51.8 Å². The lowest BCUT2D eigenvalue weighted by atomic mass is 10.1. The number of benzene rings is 2. The molecule has 0 heterocycles. The van der Waals surface area contributed by atoms with Crippen LogP contribution >= 0.6 is 27.7 Å². The average Bonchev–Trinajstić information content (AvgIpc) is 2.58. The molecular formula is C18H17BrO4S. The summed E-state index contributed by atoms with van der Waals surface area (Å²) in [5.74, 6) is 0.139. The molecule has 6 heteroatoms. The average molecular weight is 409 g/mol. The largest absolute Gasteiger partial charge is 0.496 e. The second-order valence-corrected chi connectivity index (χ2v) is 6.86. The van der Waals surface area contributed by atoms with Crippen LogP contribution in [0.25, 0.3) is 0 Å². The predicted octanol–water partition coefficient (Wildman–Crippen LogP) is 4.28. The lowest BCUT2D eigenvalue weighted by Crippen LogP contribution is -2.15. The van der Waals surface area contributed by atoms with Crippen LogP contribution < -0.4 is 4.74 Å². The zero-order valence-corrected chi connectivity index (χ0v) is 15.8. The van der Waals surface area contributed by atoms with Crippen LogP contribution in [0.5, 0.6) is 5.75 Å². The first-order valence-corrected chi connectivity index (χ1v) is 9.00. The number of methoxy groups -OCH3 is 1. The zero-order chi connectivity index (χ0) is 17.5. The predicted molar refractivity (Wildman–Crippen MR) is 97.9 cm³/mol. The van der Waals surface area contributed by atoms with Gasteiger partial charge in [0.15, 0.2) is 12.4 Å². The van der Waals surface area contributed by atoms with E-state index >= 15 is 0 Å². The first kappa shape index (κ1) is 18.5. The molecule has 0 aliphatic heterocycles. The number of hydrogen-bond donors (Lipinski definition) is 0. The highest BCUT2D eigenvalue weighted by molar-refractivity contribution is 9.10. The second kappa shape index (κ2) is 8.89. The minimum Gasteiger partial charge on any atom is -0.496 e. The molecule has 0 spiro atoms. The Morgan fingerprint density at radius 2 is 1.92 bits per heavy atom. The Balaban J connectivity index is 1.84. The lowest BCUT2D eigenvalue weighted by molar-refractivity contribution is -0.139. The van der Waals surface area contributed by atoms with Gasteiger partial charge >= 0.3 is 5.97 Å². The van der Waals surface area contributed by atoms with Gasteiger partial charge in [0.05, 0.1) is 17.3 Å². The quantitative estimate of drug-likeness (QED) is 0.388. The molecule has 0 radical (unpaired) electrons. The summed E-state index contributed by atoms with van der Waals surface area (Å²) < 4.78 is 10.9. The number of carbonyl (C=O) groups is 2. The van der Waals surface area contributed by atoms with Gasteiger partial charge in [0.2, 0.25) is 0 Å². The van der Waals surface area contributed by atoms with Gasteiger partial charge < -0.3 is 9.47 Å². The van der Waals surface area contributed by atoms with E-state index in [4.69, 9.17) is 9.47 Å². The molecule has 0 fully saturated rings. The number of rotatable bonds is 7. The standard InChI is InChI=1S/C18H17BrO4S/c1-12-5-3-4-6-17(12)24-11-18(21)23-10-15(20)13-7-8-16(22-2)14(19)9-13/h3-9H,10-11H2,1-2H3. The number of thioether (sulfide) groups is 1. The maximum Gasteiger partial charge on any atom is 0.316 e. The number of halogens is 1. The number of Topliss-reactive ketones (excluding diaryl/α,β-unsaturated/α-hetero) is 1. The summed E-state index contributed by atoms with van der Waals surface area (Å²) in [4.78, 5) is 24.9. The summed E-state index contributed by atoms with van der Waals surface area (Å²) in [7, 11) is 1.55. The molecule has 0 bridgehead atoms. The molecule has 0 aliphatic rings. The van der Waals surface area contributed by atoms with Crippen LogP contribution in [-0.2, 0) is 9.53 Å². The van der Waals surface area contributed by atoms with Gasteiger partial charge in [-0.2, -0.15) is 0 Å². The fourth-order valence-electron chi connectivity index (χ4n) is 1.97. The topological polar surface area (TPSA) is 52.6 Å². The Morgan fingerprint density at radius 3 is 2.58 bits per heavy atom. The van der Waals surface area contributed by atoms with Crippen molar-refractivity contribution in [1.82, 2.24) is 0 Å². The highest BCUT2D eigenvalue weighted by Gasteiger charge is 2.12. The van der Waals surface area contributed by atoms with Crippen molar-refractivity contribution >= 4 is 39.4 Å². The molecule has 0 saturated carbocycles. The summed E-state index contributed by atoms with van der Waals surface area (Å²) in [6.07, 6.45) is 0. The van der Waals surface area contributed by atoms with Crippen molar-refractivity contribution in [3.8, 4) is 5.75 Å². The molecule has 2 rings (SSSR count). The minimum atomic E-state index is -0.413. The lowest BCUT2D eigenvalue weighted by Gasteiger charge is -2.07. The van der Waals surface area contributed by atoms with E-state index in [0.29, 0.717) is 15.8 Å². The fourth-order valence-corrected chi connectivity index (χ4v) is 3.33. The van der Waals surface area contributed by atoms with Crippen molar-refractivity contribution in [1.29, 1.82) is 0 Å². The van der Waals surface area contributed by atoms with E-state index in [1.807, 2.05) is 31.2 Å². The van der Waals surface area contributed by atoms with Gasteiger partial charge in [-0.25, -0.2) is 0 Å². The Kier molecular flexibility index (Phi) is 6.87. The second-order valence-electron chi connectivity index (χ2n) is 4.99. The fraction of sp³-hybridized carbons (Fsp3) is 0.222. The van der Waals surface area contributed by atoms with Crippen molar-refractivity contribution in [3.63, 3.8) is 0 Å². The third-order valence-electron chi connectivity index (χ3n) is 3.28. The smallest absolute Gasteiger partial charge is 0.316 e. The third kappa shape index (κ3) is 5.11. The van der Waals surface area contributed by atoms with Gasteiger partial charge in [0.1, 0.15) is 5.75 Å². The van der Waals surface area contributed by atoms with E-state index in [-0.39, 0.29) is 18.1 Å². The number of aryl methyl sites for hydroxylation is 1. The van der Waals surface area contributed by atoms with E-state index in [2.05, 4.69) is 15.9 Å². The van der Waals surface area contributed by atoms with Crippen LogP contribution in [0.2, 0.25) is 0 Å². The number of carbonyl (C=O) groups excluding carboxylic acids is 2. The number of ether oxygens (including phenoxy) is 2. The van der Waals surface area contributed by atoms with E-state index in [0.717, 1.165) is 10.5 Å². The van der Waals surface area contributed by atoms with Gasteiger partial charge in [0.25, 0.3) is 0 Å². The van der Waals surface area contributed by atoms with Crippen molar-refractivity contribution in [3.05, 3.63) is 58.1 Å². The van der Waals surface area contributed by atoms with Gasteiger partial charge in [-0.15, -0.1) is 11.8 Å². The molecule has 0 aliphatic carbocycles.